The summed E-state index contributed by atoms with van der Waals surface area (Å²) in [6.07, 6.45) is 3.69. The Kier molecular flexibility index (Phi) is 6.64. The monoisotopic (exact) mass is 407 g/mol. The molecule has 0 unspecified atom stereocenters. The van der Waals surface area contributed by atoms with E-state index in [1.54, 1.807) is 4.90 Å². The molecule has 2 aromatic carbocycles. The third kappa shape index (κ3) is 5.19. The number of piperidine rings is 1. The number of rotatable bonds is 8. The van der Waals surface area contributed by atoms with Gasteiger partial charge in [0.15, 0.2) is 0 Å². The van der Waals surface area contributed by atoms with Gasteiger partial charge in [0, 0.05) is 19.6 Å². The predicted octanol–water partition coefficient (Wildman–Crippen LogP) is 3.52. The highest BCUT2D eigenvalue weighted by Crippen LogP contribution is 2.19. The van der Waals surface area contributed by atoms with E-state index in [0.29, 0.717) is 19.7 Å². The van der Waals surface area contributed by atoms with Crippen molar-refractivity contribution >= 4 is 11.9 Å². The molecule has 30 heavy (non-hydrogen) atoms. The van der Waals surface area contributed by atoms with Crippen LogP contribution in [0.25, 0.3) is 0 Å². The third-order valence-electron chi connectivity index (χ3n) is 5.76. The van der Waals surface area contributed by atoms with Gasteiger partial charge in [0.25, 0.3) is 0 Å². The van der Waals surface area contributed by atoms with Crippen molar-refractivity contribution in [2.45, 2.75) is 32.4 Å². The highest BCUT2D eigenvalue weighted by atomic mass is 16.5. The maximum Gasteiger partial charge on any atom is 0.327 e. The van der Waals surface area contributed by atoms with E-state index < -0.39 is 0 Å². The van der Waals surface area contributed by atoms with Gasteiger partial charge in [-0.15, -0.1) is 0 Å². The molecule has 2 aromatic rings. The molecule has 6 nitrogen and oxygen atoms in total. The van der Waals surface area contributed by atoms with E-state index >= 15 is 0 Å². The molecule has 0 aromatic heterocycles. The minimum Gasteiger partial charge on any atom is -0.489 e. The SMILES string of the molecule is O=C1CN(Cc2ccc(OCc3ccccc3)cc2)C(=O)N1CCN1CCCCC1. The van der Waals surface area contributed by atoms with Crippen molar-refractivity contribution in [3.63, 3.8) is 0 Å². The summed E-state index contributed by atoms with van der Waals surface area (Å²) in [4.78, 5) is 30.4. The van der Waals surface area contributed by atoms with E-state index in [1.807, 2.05) is 54.6 Å². The molecule has 0 spiro atoms. The minimum absolute atomic E-state index is 0.0974. The van der Waals surface area contributed by atoms with Crippen LogP contribution in [0.3, 0.4) is 0 Å². The van der Waals surface area contributed by atoms with Crippen LogP contribution in [0.2, 0.25) is 0 Å². The molecular weight excluding hydrogens is 378 g/mol. The Morgan fingerprint density at radius 3 is 2.27 bits per heavy atom. The number of likely N-dealkylation sites (tertiary alicyclic amines) is 1. The molecule has 0 N–H and O–H groups in total. The number of benzene rings is 2. The number of carbonyl (C=O) groups excluding carboxylic acids is 2. The Morgan fingerprint density at radius 1 is 0.800 bits per heavy atom. The second-order valence-corrected chi connectivity index (χ2v) is 8.00. The second-order valence-electron chi connectivity index (χ2n) is 8.00. The van der Waals surface area contributed by atoms with Crippen LogP contribution in [0.1, 0.15) is 30.4 Å². The highest BCUT2D eigenvalue weighted by molar-refractivity contribution is 6.01. The number of urea groups is 1. The van der Waals surface area contributed by atoms with Gasteiger partial charge in [0.1, 0.15) is 18.9 Å². The van der Waals surface area contributed by atoms with Crippen LogP contribution in [-0.2, 0) is 17.9 Å². The molecule has 0 radical (unpaired) electrons. The summed E-state index contributed by atoms with van der Waals surface area (Å²) in [6.45, 7) is 4.51. The zero-order chi connectivity index (χ0) is 20.8. The largest absolute Gasteiger partial charge is 0.489 e. The van der Waals surface area contributed by atoms with E-state index in [4.69, 9.17) is 4.74 Å². The summed E-state index contributed by atoms with van der Waals surface area (Å²) in [7, 11) is 0. The Balaban J connectivity index is 1.27. The van der Waals surface area contributed by atoms with Crippen LogP contribution in [0.15, 0.2) is 54.6 Å². The van der Waals surface area contributed by atoms with Crippen LogP contribution < -0.4 is 4.74 Å². The second kappa shape index (κ2) is 9.76. The zero-order valence-corrected chi connectivity index (χ0v) is 17.3. The molecule has 0 atom stereocenters. The van der Waals surface area contributed by atoms with Gasteiger partial charge in [-0.2, -0.15) is 0 Å². The predicted molar refractivity (Wildman–Crippen MR) is 115 cm³/mol. The molecular formula is C24H29N3O3. The number of hydrogen-bond acceptors (Lipinski definition) is 4. The first-order chi connectivity index (χ1) is 14.7. The molecule has 2 heterocycles. The van der Waals surface area contributed by atoms with Crippen molar-refractivity contribution in [2.75, 3.05) is 32.7 Å². The minimum atomic E-state index is -0.179. The summed E-state index contributed by atoms with van der Waals surface area (Å²) in [6, 6.07) is 17.6. The average molecular weight is 408 g/mol. The third-order valence-corrected chi connectivity index (χ3v) is 5.76. The fourth-order valence-corrected chi connectivity index (χ4v) is 4.01. The maximum atomic E-state index is 12.7. The molecule has 2 aliphatic rings. The first-order valence-corrected chi connectivity index (χ1v) is 10.8. The molecule has 3 amide bonds. The molecule has 158 valence electrons. The lowest BCUT2D eigenvalue weighted by atomic mass is 10.1. The molecule has 2 fully saturated rings. The topological polar surface area (TPSA) is 53.1 Å². The first kappa shape index (κ1) is 20.4. The van der Waals surface area contributed by atoms with Gasteiger partial charge in [-0.05, 0) is 49.2 Å². The van der Waals surface area contributed by atoms with E-state index in [-0.39, 0.29) is 18.5 Å². The van der Waals surface area contributed by atoms with E-state index in [0.717, 1.165) is 36.5 Å². The smallest absolute Gasteiger partial charge is 0.327 e. The normalized spacial score (nSPS) is 17.6. The van der Waals surface area contributed by atoms with Crippen LogP contribution in [0.4, 0.5) is 4.79 Å². The average Bonchev–Trinajstić information content (AvgIpc) is 3.05. The lowest BCUT2D eigenvalue weighted by molar-refractivity contribution is -0.125. The standard InChI is InChI=1S/C24H29N3O3/c28-23-18-26(24(29)27(23)16-15-25-13-5-2-6-14-25)17-20-9-11-22(12-10-20)30-19-21-7-3-1-4-8-21/h1,3-4,7-12H,2,5-6,13-19H2. The van der Waals surface area contributed by atoms with Crippen LogP contribution >= 0.6 is 0 Å². The summed E-state index contributed by atoms with van der Waals surface area (Å²) in [5.74, 6) is 0.689. The molecule has 0 bridgehead atoms. The summed E-state index contributed by atoms with van der Waals surface area (Å²) >= 11 is 0. The zero-order valence-electron chi connectivity index (χ0n) is 17.3. The van der Waals surface area contributed by atoms with Gasteiger partial charge in [-0.3, -0.25) is 9.69 Å². The fraction of sp³-hybridized carbons (Fsp3) is 0.417. The van der Waals surface area contributed by atoms with Crippen LogP contribution in [0.5, 0.6) is 5.75 Å². The molecule has 2 saturated heterocycles. The summed E-state index contributed by atoms with van der Waals surface area (Å²) < 4.78 is 5.81. The van der Waals surface area contributed by atoms with E-state index in [9.17, 15) is 9.59 Å². The van der Waals surface area contributed by atoms with Gasteiger partial charge in [0.05, 0.1) is 0 Å². The highest BCUT2D eigenvalue weighted by Gasteiger charge is 2.35. The van der Waals surface area contributed by atoms with Crippen molar-refractivity contribution in [1.29, 1.82) is 0 Å². The van der Waals surface area contributed by atoms with Crippen LogP contribution in [-0.4, -0.2) is 59.4 Å². The maximum absolute atomic E-state index is 12.7. The van der Waals surface area contributed by atoms with Gasteiger partial charge >= 0.3 is 6.03 Å². The van der Waals surface area contributed by atoms with Gasteiger partial charge in [-0.1, -0.05) is 48.9 Å². The lowest BCUT2D eigenvalue weighted by Gasteiger charge is -2.27. The van der Waals surface area contributed by atoms with Crippen LogP contribution in [0, 0.1) is 0 Å². The Hall–Kier alpha value is -2.86. The molecule has 2 aliphatic heterocycles. The first-order valence-electron chi connectivity index (χ1n) is 10.8. The molecule has 4 rings (SSSR count). The quantitative estimate of drug-likeness (QED) is 0.629. The van der Waals surface area contributed by atoms with Crippen molar-refractivity contribution in [2.24, 2.45) is 0 Å². The molecule has 0 saturated carbocycles. The van der Waals surface area contributed by atoms with Gasteiger partial charge < -0.3 is 14.5 Å². The number of amides is 3. The summed E-state index contributed by atoms with van der Waals surface area (Å²) in [5, 5.41) is 0. The van der Waals surface area contributed by atoms with Gasteiger partial charge in [-0.25, -0.2) is 4.79 Å². The number of nitrogens with zero attached hydrogens (tertiary/aromatic N) is 3. The lowest BCUT2D eigenvalue weighted by Crippen LogP contribution is -2.41. The van der Waals surface area contributed by atoms with E-state index in [2.05, 4.69) is 4.90 Å². The van der Waals surface area contributed by atoms with E-state index in [1.165, 1.54) is 24.2 Å². The van der Waals surface area contributed by atoms with Gasteiger partial charge in [0.2, 0.25) is 5.91 Å². The Labute approximate surface area is 178 Å². The Bertz CT molecular complexity index is 848. The van der Waals surface area contributed by atoms with Crippen molar-refractivity contribution < 1.29 is 14.3 Å². The molecule has 0 aliphatic carbocycles. The number of hydrogen-bond donors (Lipinski definition) is 0. The van der Waals surface area contributed by atoms with Crippen molar-refractivity contribution in [3.05, 3.63) is 65.7 Å². The fourth-order valence-electron chi connectivity index (χ4n) is 4.01. The number of imide groups is 1. The number of carbonyl (C=O) groups is 2. The Morgan fingerprint density at radius 2 is 1.53 bits per heavy atom. The summed E-state index contributed by atoms with van der Waals surface area (Å²) in [5.41, 5.74) is 2.11. The number of ether oxygens (including phenoxy) is 1. The molecule has 6 heteroatoms. The van der Waals surface area contributed by atoms with Crippen molar-refractivity contribution in [1.82, 2.24) is 14.7 Å². The van der Waals surface area contributed by atoms with Crippen molar-refractivity contribution in [3.8, 4) is 5.75 Å².